The monoisotopic (exact) mass is 212 g/mol. The zero-order chi connectivity index (χ0) is 9.97. The highest BCUT2D eigenvalue weighted by Gasteiger charge is 2.22. The number of nitrogens with zero attached hydrogens (tertiary/aromatic N) is 3. The molecular weight excluding hydrogens is 200 g/mol. The van der Waals surface area contributed by atoms with Crippen molar-refractivity contribution in [1.82, 2.24) is 14.5 Å². The summed E-state index contributed by atoms with van der Waals surface area (Å²) >= 11 is 1.20. The highest BCUT2D eigenvalue weighted by atomic mass is 32.1. The van der Waals surface area contributed by atoms with E-state index in [1.807, 2.05) is 0 Å². The Morgan fingerprint density at radius 2 is 2.29 bits per heavy atom. The largest absolute Gasteiger partial charge is 0.337 e. The van der Waals surface area contributed by atoms with Crippen LogP contribution in [0.15, 0.2) is 5.38 Å². The maximum absolute atomic E-state index is 11.8. The van der Waals surface area contributed by atoms with Gasteiger partial charge >= 0.3 is 0 Å². The molecule has 1 saturated heterocycles. The minimum Gasteiger partial charge on any atom is -0.337 e. The van der Waals surface area contributed by atoms with Gasteiger partial charge in [-0.3, -0.25) is 4.79 Å². The number of likely N-dealkylation sites (tertiary alicyclic amines) is 1. The van der Waals surface area contributed by atoms with Crippen LogP contribution in [0.1, 0.15) is 23.3 Å². The van der Waals surface area contributed by atoms with Crippen LogP contribution in [0.3, 0.4) is 0 Å². The third-order valence-corrected chi connectivity index (χ3v) is 2.91. The molecule has 1 aromatic rings. The molecule has 6 heteroatoms. The maximum atomic E-state index is 11.8. The third kappa shape index (κ3) is 1.91. The molecule has 2 heterocycles. The molecule has 0 bridgehead atoms. The van der Waals surface area contributed by atoms with Gasteiger partial charge in [0.05, 0.1) is 0 Å². The number of piperidine rings is 1. The number of carbonyl (C=O) groups excluding carboxylic acids is 1. The van der Waals surface area contributed by atoms with Crippen molar-refractivity contribution in [2.75, 3.05) is 13.1 Å². The summed E-state index contributed by atoms with van der Waals surface area (Å²) in [5, 5.41) is 5.43. The molecule has 1 fully saturated rings. The SMILES string of the molecule is NC1CCN(C(=O)c2csnn2)CC1. The van der Waals surface area contributed by atoms with Gasteiger partial charge < -0.3 is 10.6 Å². The van der Waals surface area contributed by atoms with E-state index in [-0.39, 0.29) is 11.9 Å². The van der Waals surface area contributed by atoms with Crippen LogP contribution in [0, 0.1) is 0 Å². The standard InChI is InChI=1S/C8H12N4OS/c9-6-1-3-12(4-2-6)8(13)7-5-14-11-10-7/h5-6H,1-4,9H2. The number of amides is 1. The highest BCUT2D eigenvalue weighted by Crippen LogP contribution is 2.11. The van der Waals surface area contributed by atoms with Crippen molar-refractivity contribution in [3.05, 3.63) is 11.1 Å². The molecule has 76 valence electrons. The van der Waals surface area contributed by atoms with Gasteiger partial charge in [-0.15, -0.1) is 5.10 Å². The molecule has 0 spiro atoms. The Morgan fingerprint density at radius 3 is 2.86 bits per heavy atom. The van der Waals surface area contributed by atoms with Gasteiger partial charge in [0.2, 0.25) is 0 Å². The van der Waals surface area contributed by atoms with Gasteiger partial charge in [-0.2, -0.15) is 0 Å². The lowest BCUT2D eigenvalue weighted by Crippen LogP contribution is -2.42. The minimum atomic E-state index is -0.0225. The number of rotatable bonds is 1. The number of nitrogens with two attached hydrogens (primary N) is 1. The number of hydrogen-bond acceptors (Lipinski definition) is 5. The summed E-state index contributed by atoms with van der Waals surface area (Å²) in [5.41, 5.74) is 6.20. The number of hydrogen-bond donors (Lipinski definition) is 1. The Bertz CT molecular complexity index is 305. The van der Waals surface area contributed by atoms with Gasteiger partial charge in [0, 0.05) is 24.5 Å². The molecule has 0 atom stereocenters. The summed E-state index contributed by atoms with van der Waals surface area (Å²) in [7, 11) is 0. The van der Waals surface area contributed by atoms with Gasteiger partial charge in [-0.05, 0) is 24.4 Å². The highest BCUT2D eigenvalue weighted by molar-refractivity contribution is 7.03. The number of aromatic nitrogens is 2. The van der Waals surface area contributed by atoms with Gasteiger partial charge in [-0.1, -0.05) is 4.49 Å². The van der Waals surface area contributed by atoms with Gasteiger partial charge in [0.15, 0.2) is 5.69 Å². The van der Waals surface area contributed by atoms with Crippen LogP contribution < -0.4 is 5.73 Å². The van der Waals surface area contributed by atoms with E-state index in [4.69, 9.17) is 5.73 Å². The summed E-state index contributed by atoms with van der Waals surface area (Å²) in [6, 6.07) is 0.243. The molecule has 0 radical (unpaired) electrons. The van der Waals surface area contributed by atoms with Crippen molar-refractivity contribution in [3.63, 3.8) is 0 Å². The molecule has 1 aromatic heterocycles. The molecule has 1 aliphatic heterocycles. The lowest BCUT2D eigenvalue weighted by atomic mass is 10.1. The van der Waals surface area contributed by atoms with Crippen LogP contribution in [0.5, 0.6) is 0 Å². The Hall–Kier alpha value is -1.01. The fourth-order valence-corrected chi connectivity index (χ4v) is 1.95. The Balaban J connectivity index is 1.99. The van der Waals surface area contributed by atoms with E-state index in [1.165, 1.54) is 11.5 Å². The van der Waals surface area contributed by atoms with E-state index in [9.17, 15) is 4.79 Å². The Kier molecular flexibility index (Phi) is 2.74. The summed E-state index contributed by atoms with van der Waals surface area (Å²) < 4.78 is 3.67. The summed E-state index contributed by atoms with van der Waals surface area (Å²) in [5.74, 6) is -0.0225. The van der Waals surface area contributed by atoms with Crippen molar-refractivity contribution in [1.29, 1.82) is 0 Å². The number of carbonyl (C=O) groups is 1. The van der Waals surface area contributed by atoms with Crippen LogP contribution in [-0.4, -0.2) is 39.5 Å². The second-order valence-electron chi connectivity index (χ2n) is 3.42. The Labute approximate surface area is 86.1 Å². The average Bonchev–Trinajstić information content (AvgIpc) is 2.71. The second kappa shape index (κ2) is 4.02. The zero-order valence-corrected chi connectivity index (χ0v) is 8.54. The summed E-state index contributed by atoms with van der Waals surface area (Å²) in [6.07, 6.45) is 1.76. The third-order valence-electron chi connectivity index (χ3n) is 2.41. The van der Waals surface area contributed by atoms with Crippen molar-refractivity contribution in [2.24, 2.45) is 5.73 Å². The smallest absolute Gasteiger partial charge is 0.275 e. The van der Waals surface area contributed by atoms with Crippen LogP contribution in [0.4, 0.5) is 0 Å². The first-order valence-corrected chi connectivity index (χ1v) is 5.43. The lowest BCUT2D eigenvalue weighted by Gasteiger charge is -2.29. The molecule has 14 heavy (non-hydrogen) atoms. The van der Waals surface area contributed by atoms with E-state index in [1.54, 1.807) is 10.3 Å². The molecule has 0 aromatic carbocycles. The van der Waals surface area contributed by atoms with Crippen molar-refractivity contribution in [2.45, 2.75) is 18.9 Å². The van der Waals surface area contributed by atoms with E-state index >= 15 is 0 Å². The van der Waals surface area contributed by atoms with E-state index in [0.717, 1.165) is 25.9 Å². The predicted molar refractivity (Wildman–Crippen MR) is 53.0 cm³/mol. The van der Waals surface area contributed by atoms with E-state index < -0.39 is 0 Å². The molecule has 0 aliphatic carbocycles. The predicted octanol–water partition coefficient (Wildman–Crippen LogP) is 0.101. The molecule has 1 amide bonds. The van der Waals surface area contributed by atoms with Crippen LogP contribution >= 0.6 is 11.5 Å². The Morgan fingerprint density at radius 1 is 1.57 bits per heavy atom. The fourth-order valence-electron chi connectivity index (χ4n) is 1.52. The maximum Gasteiger partial charge on any atom is 0.275 e. The average molecular weight is 212 g/mol. The van der Waals surface area contributed by atoms with Crippen molar-refractivity contribution < 1.29 is 4.79 Å². The van der Waals surface area contributed by atoms with Gasteiger partial charge in [-0.25, -0.2) is 0 Å². The first kappa shape index (κ1) is 9.54. The normalized spacial score (nSPS) is 18.5. The second-order valence-corrected chi connectivity index (χ2v) is 4.03. The van der Waals surface area contributed by atoms with Crippen molar-refractivity contribution >= 4 is 17.4 Å². The summed E-state index contributed by atoms with van der Waals surface area (Å²) in [6.45, 7) is 1.47. The quantitative estimate of drug-likeness (QED) is 0.716. The van der Waals surface area contributed by atoms with E-state index in [2.05, 4.69) is 9.59 Å². The first-order chi connectivity index (χ1) is 6.77. The van der Waals surface area contributed by atoms with Gasteiger partial charge in [0.25, 0.3) is 5.91 Å². The van der Waals surface area contributed by atoms with E-state index in [0.29, 0.717) is 5.69 Å². The lowest BCUT2D eigenvalue weighted by molar-refractivity contribution is 0.0709. The molecule has 5 nitrogen and oxygen atoms in total. The zero-order valence-electron chi connectivity index (χ0n) is 7.72. The van der Waals surface area contributed by atoms with Gasteiger partial charge in [0.1, 0.15) is 0 Å². The summed E-state index contributed by atoms with van der Waals surface area (Å²) in [4.78, 5) is 13.5. The van der Waals surface area contributed by atoms with Crippen LogP contribution in [0.2, 0.25) is 0 Å². The molecular formula is C8H12N4OS. The van der Waals surface area contributed by atoms with Crippen LogP contribution in [-0.2, 0) is 0 Å². The molecule has 0 saturated carbocycles. The van der Waals surface area contributed by atoms with Crippen molar-refractivity contribution in [3.8, 4) is 0 Å². The fraction of sp³-hybridized carbons (Fsp3) is 0.625. The first-order valence-electron chi connectivity index (χ1n) is 4.59. The molecule has 2 rings (SSSR count). The molecule has 2 N–H and O–H groups in total. The minimum absolute atomic E-state index is 0.0225. The molecule has 0 unspecified atom stereocenters. The molecule has 1 aliphatic rings. The topological polar surface area (TPSA) is 72.1 Å². The van der Waals surface area contributed by atoms with Crippen LogP contribution in [0.25, 0.3) is 0 Å².